The first kappa shape index (κ1) is 14.4. The SMILES string of the molecule is CCNC(=O)CS(=O)(=O)CCCCNC1CC1. The highest BCUT2D eigenvalue weighted by molar-refractivity contribution is 7.92. The molecule has 0 saturated heterocycles. The minimum Gasteiger partial charge on any atom is -0.356 e. The van der Waals surface area contributed by atoms with Gasteiger partial charge in [-0.15, -0.1) is 0 Å². The Morgan fingerprint density at radius 2 is 2.00 bits per heavy atom. The summed E-state index contributed by atoms with van der Waals surface area (Å²) in [6, 6.07) is 0.668. The molecule has 0 aromatic carbocycles. The molecular formula is C11H22N2O3S. The topological polar surface area (TPSA) is 75.3 Å². The highest BCUT2D eigenvalue weighted by Crippen LogP contribution is 2.18. The maximum atomic E-state index is 11.5. The van der Waals surface area contributed by atoms with Crippen molar-refractivity contribution in [3.8, 4) is 0 Å². The normalized spacial score (nSPS) is 15.8. The van der Waals surface area contributed by atoms with Crippen LogP contribution in [0.1, 0.15) is 32.6 Å². The maximum absolute atomic E-state index is 11.5. The molecule has 2 N–H and O–H groups in total. The molecule has 1 rings (SSSR count). The summed E-state index contributed by atoms with van der Waals surface area (Å²) >= 11 is 0. The second-order valence-electron chi connectivity index (χ2n) is 4.48. The number of hydrogen-bond donors (Lipinski definition) is 2. The minimum absolute atomic E-state index is 0.108. The quantitative estimate of drug-likeness (QED) is 0.577. The van der Waals surface area contributed by atoms with Crippen LogP contribution in [0.4, 0.5) is 0 Å². The third kappa shape index (κ3) is 7.33. The summed E-state index contributed by atoms with van der Waals surface area (Å²) < 4.78 is 23.1. The van der Waals surface area contributed by atoms with Gasteiger partial charge >= 0.3 is 0 Å². The van der Waals surface area contributed by atoms with Crippen molar-refractivity contribution in [1.29, 1.82) is 0 Å². The summed E-state index contributed by atoms with van der Waals surface area (Å²) in [5.74, 6) is -0.670. The molecule has 5 nitrogen and oxygen atoms in total. The lowest BCUT2D eigenvalue weighted by Crippen LogP contribution is -2.31. The lowest BCUT2D eigenvalue weighted by molar-refractivity contribution is -0.118. The Labute approximate surface area is 103 Å². The van der Waals surface area contributed by atoms with Crippen molar-refractivity contribution in [2.45, 2.75) is 38.6 Å². The Kier molecular flexibility index (Phi) is 5.91. The van der Waals surface area contributed by atoms with Crippen LogP contribution < -0.4 is 10.6 Å². The predicted octanol–water partition coefficient (Wildman–Crippen LogP) is 0.0695. The van der Waals surface area contributed by atoms with E-state index in [0.717, 1.165) is 13.0 Å². The van der Waals surface area contributed by atoms with Crippen molar-refractivity contribution in [2.24, 2.45) is 0 Å². The summed E-state index contributed by atoms with van der Waals surface area (Å²) in [6.45, 7) is 3.12. The molecule has 0 aromatic rings. The first-order chi connectivity index (χ1) is 8.03. The second kappa shape index (κ2) is 6.96. The average Bonchev–Trinajstić information content (AvgIpc) is 3.00. The molecule has 0 radical (unpaired) electrons. The van der Waals surface area contributed by atoms with Gasteiger partial charge in [0, 0.05) is 12.6 Å². The van der Waals surface area contributed by atoms with Crippen LogP contribution in [-0.4, -0.2) is 45.0 Å². The molecule has 0 aliphatic heterocycles. The molecule has 0 atom stereocenters. The van der Waals surface area contributed by atoms with E-state index in [9.17, 15) is 13.2 Å². The van der Waals surface area contributed by atoms with Crippen molar-refractivity contribution >= 4 is 15.7 Å². The molecule has 1 aliphatic carbocycles. The van der Waals surface area contributed by atoms with Crippen LogP contribution in [0.3, 0.4) is 0 Å². The van der Waals surface area contributed by atoms with E-state index in [2.05, 4.69) is 10.6 Å². The highest BCUT2D eigenvalue weighted by atomic mass is 32.2. The number of nitrogens with one attached hydrogen (secondary N) is 2. The summed E-state index contributed by atoms with van der Waals surface area (Å²) in [5, 5.41) is 5.83. The zero-order chi connectivity index (χ0) is 12.7. The molecule has 0 spiro atoms. The average molecular weight is 262 g/mol. The van der Waals surface area contributed by atoms with Gasteiger partial charge in [0.05, 0.1) is 5.75 Å². The van der Waals surface area contributed by atoms with Crippen molar-refractivity contribution in [3.63, 3.8) is 0 Å². The van der Waals surface area contributed by atoms with Gasteiger partial charge in [-0.05, 0) is 39.2 Å². The number of unbranched alkanes of at least 4 members (excludes halogenated alkanes) is 1. The van der Waals surface area contributed by atoms with Crippen molar-refractivity contribution in [3.05, 3.63) is 0 Å². The zero-order valence-corrected chi connectivity index (χ0v) is 11.2. The van der Waals surface area contributed by atoms with Gasteiger partial charge in [-0.25, -0.2) is 8.42 Å². The standard InChI is InChI=1S/C11H22N2O3S/c1-2-12-11(14)9-17(15,16)8-4-3-7-13-10-5-6-10/h10,13H,2-9H2,1H3,(H,12,14). The number of hydrogen-bond acceptors (Lipinski definition) is 4. The molecule has 1 fully saturated rings. The molecule has 0 unspecified atom stereocenters. The predicted molar refractivity (Wildman–Crippen MR) is 67.6 cm³/mol. The number of amides is 1. The fraction of sp³-hybridized carbons (Fsp3) is 0.909. The molecule has 100 valence electrons. The Morgan fingerprint density at radius 3 is 2.59 bits per heavy atom. The Hall–Kier alpha value is -0.620. The summed E-state index contributed by atoms with van der Waals surface area (Å²) in [4.78, 5) is 11.1. The lowest BCUT2D eigenvalue weighted by Gasteiger charge is -2.05. The first-order valence-corrected chi connectivity index (χ1v) is 8.06. The van der Waals surface area contributed by atoms with E-state index in [1.54, 1.807) is 6.92 Å². The third-order valence-electron chi connectivity index (χ3n) is 2.62. The Bertz CT molecular complexity index is 337. The molecular weight excluding hydrogens is 240 g/mol. The highest BCUT2D eigenvalue weighted by Gasteiger charge is 2.20. The molecule has 0 bridgehead atoms. The fourth-order valence-electron chi connectivity index (χ4n) is 1.56. The van der Waals surface area contributed by atoms with Crippen LogP contribution in [0.15, 0.2) is 0 Å². The van der Waals surface area contributed by atoms with E-state index in [-0.39, 0.29) is 11.5 Å². The van der Waals surface area contributed by atoms with E-state index in [1.165, 1.54) is 12.8 Å². The van der Waals surface area contributed by atoms with E-state index >= 15 is 0 Å². The first-order valence-electron chi connectivity index (χ1n) is 6.24. The van der Waals surface area contributed by atoms with Gasteiger partial charge in [0.1, 0.15) is 5.75 Å². The summed E-state index contributed by atoms with van der Waals surface area (Å²) in [7, 11) is -3.23. The van der Waals surface area contributed by atoms with Gasteiger partial charge in [0.15, 0.2) is 9.84 Å². The molecule has 17 heavy (non-hydrogen) atoms. The van der Waals surface area contributed by atoms with Crippen molar-refractivity contribution < 1.29 is 13.2 Å². The van der Waals surface area contributed by atoms with Gasteiger partial charge in [-0.3, -0.25) is 4.79 Å². The van der Waals surface area contributed by atoms with E-state index in [4.69, 9.17) is 0 Å². The number of sulfone groups is 1. The van der Waals surface area contributed by atoms with E-state index in [1.807, 2.05) is 0 Å². The molecule has 0 heterocycles. The van der Waals surface area contributed by atoms with Crippen LogP contribution in [0.5, 0.6) is 0 Å². The third-order valence-corrected chi connectivity index (χ3v) is 4.23. The minimum atomic E-state index is -3.23. The van der Waals surface area contributed by atoms with Gasteiger partial charge in [-0.2, -0.15) is 0 Å². The van der Waals surface area contributed by atoms with Gasteiger partial charge in [0.2, 0.25) is 5.91 Å². The van der Waals surface area contributed by atoms with Crippen LogP contribution in [0, 0.1) is 0 Å². The lowest BCUT2D eigenvalue weighted by atomic mass is 10.3. The van der Waals surface area contributed by atoms with Crippen LogP contribution in [0.25, 0.3) is 0 Å². The number of carbonyl (C=O) groups excluding carboxylic acids is 1. The smallest absolute Gasteiger partial charge is 0.235 e. The molecule has 1 aliphatic rings. The van der Waals surface area contributed by atoms with Crippen LogP contribution in [0.2, 0.25) is 0 Å². The second-order valence-corrected chi connectivity index (χ2v) is 6.67. The van der Waals surface area contributed by atoms with E-state index < -0.39 is 15.7 Å². The number of carbonyl (C=O) groups is 1. The molecule has 6 heteroatoms. The summed E-state index contributed by atoms with van der Waals surface area (Å²) in [5.41, 5.74) is 0. The maximum Gasteiger partial charge on any atom is 0.235 e. The molecule has 1 amide bonds. The monoisotopic (exact) mass is 262 g/mol. The van der Waals surface area contributed by atoms with E-state index in [0.29, 0.717) is 19.0 Å². The van der Waals surface area contributed by atoms with Crippen LogP contribution in [-0.2, 0) is 14.6 Å². The number of rotatable bonds is 9. The zero-order valence-electron chi connectivity index (χ0n) is 10.4. The largest absolute Gasteiger partial charge is 0.356 e. The van der Waals surface area contributed by atoms with Crippen molar-refractivity contribution in [2.75, 3.05) is 24.6 Å². The van der Waals surface area contributed by atoms with Crippen molar-refractivity contribution in [1.82, 2.24) is 10.6 Å². The molecule has 1 saturated carbocycles. The Morgan fingerprint density at radius 1 is 1.29 bits per heavy atom. The van der Waals surface area contributed by atoms with Crippen LogP contribution >= 0.6 is 0 Å². The van der Waals surface area contributed by atoms with Gasteiger partial charge < -0.3 is 10.6 Å². The van der Waals surface area contributed by atoms with Gasteiger partial charge in [-0.1, -0.05) is 0 Å². The summed E-state index contributed by atoms with van der Waals surface area (Å²) in [6.07, 6.45) is 3.97. The molecule has 0 aromatic heterocycles. The Balaban J connectivity index is 2.08. The van der Waals surface area contributed by atoms with Gasteiger partial charge in [0.25, 0.3) is 0 Å². The fourth-order valence-corrected chi connectivity index (χ4v) is 2.85.